The van der Waals surface area contributed by atoms with E-state index in [1.807, 2.05) is 48.5 Å². The highest BCUT2D eigenvalue weighted by Gasteiger charge is 2.09. The van der Waals surface area contributed by atoms with Crippen LogP contribution in [-0.4, -0.2) is 28.8 Å². The van der Waals surface area contributed by atoms with Crippen LogP contribution in [0.1, 0.15) is 6.42 Å². The van der Waals surface area contributed by atoms with E-state index in [0.29, 0.717) is 5.75 Å². The van der Waals surface area contributed by atoms with Crippen LogP contribution in [0.25, 0.3) is 0 Å². The van der Waals surface area contributed by atoms with Crippen LogP contribution in [0.2, 0.25) is 0 Å². The lowest BCUT2D eigenvalue weighted by Crippen LogP contribution is -2.22. The Hall–Kier alpha value is -2.53. The maximum atomic E-state index is 10.5. The van der Waals surface area contributed by atoms with Crippen molar-refractivity contribution in [1.29, 1.82) is 0 Å². The second kappa shape index (κ2) is 7.31. The molecule has 2 aromatic rings. The first-order chi connectivity index (χ1) is 10.1. The van der Waals surface area contributed by atoms with E-state index in [1.54, 1.807) is 6.07 Å². The molecule has 21 heavy (non-hydrogen) atoms. The van der Waals surface area contributed by atoms with Crippen LogP contribution in [0, 0.1) is 0 Å². The Balaban J connectivity index is 1.93. The molecular formula is C16H17NO4. The average Bonchev–Trinajstić information content (AvgIpc) is 2.46. The molecule has 0 radical (unpaired) electrons. The average molecular weight is 287 g/mol. The van der Waals surface area contributed by atoms with E-state index < -0.39 is 12.1 Å². The van der Waals surface area contributed by atoms with Gasteiger partial charge >= 0.3 is 5.97 Å². The molecule has 0 saturated carbocycles. The number of aliphatic carboxylic acids is 1. The molecule has 0 heterocycles. The van der Waals surface area contributed by atoms with Crippen LogP contribution < -0.4 is 10.1 Å². The van der Waals surface area contributed by atoms with Gasteiger partial charge in [-0.05, 0) is 24.3 Å². The number of para-hydroxylation sites is 1. The molecule has 2 aromatic carbocycles. The Kier molecular flexibility index (Phi) is 5.17. The highest BCUT2D eigenvalue weighted by atomic mass is 16.5. The lowest BCUT2D eigenvalue weighted by atomic mass is 10.2. The van der Waals surface area contributed by atoms with E-state index in [-0.39, 0.29) is 13.0 Å². The van der Waals surface area contributed by atoms with E-state index in [2.05, 4.69) is 5.32 Å². The molecule has 5 heteroatoms. The molecular weight excluding hydrogens is 270 g/mol. The molecule has 1 unspecified atom stereocenters. The number of benzene rings is 2. The van der Waals surface area contributed by atoms with Gasteiger partial charge in [0.15, 0.2) is 0 Å². The fraction of sp³-hybridized carbons (Fsp3) is 0.188. The van der Waals surface area contributed by atoms with E-state index in [4.69, 9.17) is 9.84 Å². The van der Waals surface area contributed by atoms with Crippen LogP contribution >= 0.6 is 0 Å². The number of aliphatic hydroxyl groups excluding tert-OH is 1. The molecule has 110 valence electrons. The predicted octanol–water partition coefficient (Wildman–Crippen LogP) is 2.73. The summed E-state index contributed by atoms with van der Waals surface area (Å²) in [6.45, 7) is 0.168. The summed E-state index contributed by atoms with van der Waals surface area (Å²) < 4.78 is 5.69. The van der Waals surface area contributed by atoms with Crippen molar-refractivity contribution < 1.29 is 19.7 Å². The topological polar surface area (TPSA) is 78.8 Å². The zero-order valence-electron chi connectivity index (χ0n) is 11.4. The first-order valence-corrected chi connectivity index (χ1v) is 6.60. The zero-order valence-corrected chi connectivity index (χ0v) is 11.4. The van der Waals surface area contributed by atoms with Gasteiger partial charge in [0, 0.05) is 18.3 Å². The Morgan fingerprint density at radius 1 is 1.10 bits per heavy atom. The molecule has 0 amide bonds. The highest BCUT2D eigenvalue weighted by Crippen LogP contribution is 2.23. The normalized spacial score (nSPS) is 11.7. The smallest absolute Gasteiger partial charge is 0.306 e. The molecule has 5 nitrogen and oxygen atoms in total. The zero-order chi connectivity index (χ0) is 15.1. The summed E-state index contributed by atoms with van der Waals surface area (Å²) >= 11 is 0. The van der Waals surface area contributed by atoms with Gasteiger partial charge in [0.2, 0.25) is 0 Å². The van der Waals surface area contributed by atoms with Gasteiger partial charge < -0.3 is 20.3 Å². The Labute approximate surface area is 122 Å². The standard InChI is InChI=1S/C16H17NO4/c18-13(10-16(19)20)11-17-12-5-4-8-15(9-12)21-14-6-2-1-3-7-14/h1-9,13,17-18H,10-11H2,(H,19,20). The molecule has 0 saturated heterocycles. The summed E-state index contributed by atoms with van der Waals surface area (Å²) in [5.41, 5.74) is 0.757. The van der Waals surface area contributed by atoms with Gasteiger partial charge in [0.05, 0.1) is 12.5 Å². The molecule has 0 spiro atoms. The molecule has 0 aliphatic heterocycles. The lowest BCUT2D eigenvalue weighted by Gasteiger charge is -2.12. The summed E-state index contributed by atoms with van der Waals surface area (Å²) in [5, 5.41) is 21.1. The third-order valence-corrected chi connectivity index (χ3v) is 2.76. The summed E-state index contributed by atoms with van der Waals surface area (Å²) in [5.74, 6) is 0.380. The van der Waals surface area contributed by atoms with Crippen molar-refractivity contribution in [2.75, 3.05) is 11.9 Å². The van der Waals surface area contributed by atoms with E-state index in [1.165, 1.54) is 0 Å². The summed E-state index contributed by atoms with van der Waals surface area (Å²) in [6.07, 6.45) is -1.21. The number of hydrogen-bond donors (Lipinski definition) is 3. The van der Waals surface area contributed by atoms with Crippen molar-refractivity contribution in [2.45, 2.75) is 12.5 Å². The van der Waals surface area contributed by atoms with E-state index >= 15 is 0 Å². The number of anilines is 1. The van der Waals surface area contributed by atoms with E-state index in [0.717, 1.165) is 11.4 Å². The quantitative estimate of drug-likeness (QED) is 0.729. The van der Waals surface area contributed by atoms with Gasteiger partial charge in [-0.15, -0.1) is 0 Å². The fourth-order valence-electron chi connectivity index (χ4n) is 1.80. The monoisotopic (exact) mass is 287 g/mol. The van der Waals surface area contributed by atoms with Crippen molar-refractivity contribution in [1.82, 2.24) is 0 Å². The van der Waals surface area contributed by atoms with Crippen molar-refractivity contribution in [2.24, 2.45) is 0 Å². The molecule has 0 aliphatic rings. The Bertz CT molecular complexity index is 586. The summed E-state index contributed by atoms with van der Waals surface area (Å²) in [4.78, 5) is 10.5. The molecule has 0 aliphatic carbocycles. The lowest BCUT2D eigenvalue weighted by molar-refractivity contribution is -0.138. The second-order valence-corrected chi connectivity index (χ2v) is 4.58. The molecule has 2 rings (SSSR count). The van der Waals surface area contributed by atoms with Gasteiger partial charge in [0.1, 0.15) is 11.5 Å². The molecule has 0 fully saturated rings. The first kappa shape index (κ1) is 14.9. The maximum absolute atomic E-state index is 10.5. The van der Waals surface area contributed by atoms with Crippen molar-refractivity contribution in [3.05, 3.63) is 54.6 Å². The van der Waals surface area contributed by atoms with Crippen molar-refractivity contribution in [3.8, 4) is 11.5 Å². The van der Waals surface area contributed by atoms with Crippen molar-refractivity contribution >= 4 is 11.7 Å². The van der Waals surface area contributed by atoms with Crippen LogP contribution in [0.3, 0.4) is 0 Å². The Morgan fingerprint density at radius 3 is 2.52 bits per heavy atom. The van der Waals surface area contributed by atoms with Crippen LogP contribution in [0.15, 0.2) is 54.6 Å². The molecule has 0 aromatic heterocycles. The van der Waals surface area contributed by atoms with E-state index in [9.17, 15) is 9.90 Å². The van der Waals surface area contributed by atoms with Gasteiger partial charge in [-0.25, -0.2) is 0 Å². The fourth-order valence-corrected chi connectivity index (χ4v) is 1.80. The van der Waals surface area contributed by atoms with Crippen LogP contribution in [0.4, 0.5) is 5.69 Å². The highest BCUT2D eigenvalue weighted by molar-refractivity contribution is 5.67. The van der Waals surface area contributed by atoms with Gasteiger partial charge in [-0.1, -0.05) is 24.3 Å². The number of nitrogens with one attached hydrogen (secondary N) is 1. The minimum atomic E-state index is -1.02. The summed E-state index contributed by atoms with van der Waals surface area (Å²) in [7, 11) is 0. The van der Waals surface area contributed by atoms with Crippen LogP contribution in [0.5, 0.6) is 11.5 Å². The first-order valence-electron chi connectivity index (χ1n) is 6.60. The molecule has 3 N–H and O–H groups in total. The molecule has 0 bridgehead atoms. The SMILES string of the molecule is O=C(O)CC(O)CNc1cccc(Oc2ccccc2)c1. The van der Waals surface area contributed by atoms with Gasteiger partial charge in [0.25, 0.3) is 0 Å². The Morgan fingerprint density at radius 2 is 1.81 bits per heavy atom. The minimum Gasteiger partial charge on any atom is -0.481 e. The minimum absolute atomic E-state index is 0.168. The van der Waals surface area contributed by atoms with Crippen LogP contribution in [-0.2, 0) is 4.79 Å². The summed E-state index contributed by atoms with van der Waals surface area (Å²) in [6, 6.07) is 16.7. The number of aliphatic hydroxyl groups is 1. The second-order valence-electron chi connectivity index (χ2n) is 4.58. The molecule has 1 atom stereocenters. The maximum Gasteiger partial charge on any atom is 0.306 e. The van der Waals surface area contributed by atoms with Gasteiger partial charge in [-0.2, -0.15) is 0 Å². The number of ether oxygens (including phenoxy) is 1. The number of hydrogen-bond acceptors (Lipinski definition) is 4. The predicted molar refractivity (Wildman–Crippen MR) is 79.7 cm³/mol. The number of rotatable bonds is 7. The third kappa shape index (κ3) is 5.16. The largest absolute Gasteiger partial charge is 0.481 e. The number of carboxylic acid groups (broad SMARTS) is 1. The third-order valence-electron chi connectivity index (χ3n) is 2.76. The van der Waals surface area contributed by atoms with Crippen molar-refractivity contribution in [3.63, 3.8) is 0 Å². The number of carboxylic acids is 1. The number of carbonyl (C=O) groups is 1. The van der Waals surface area contributed by atoms with Gasteiger partial charge in [-0.3, -0.25) is 4.79 Å².